The largest absolute Gasteiger partial charge is 0.379 e. The summed E-state index contributed by atoms with van der Waals surface area (Å²) in [7, 11) is -3.27. The maximum atomic E-state index is 11.9. The average molecular weight is 349 g/mol. The maximum Gasteiger partial charge on any atom is 0.223 e. The molecular weight excluding hydrogens is 318 g/mol. The zero-order chi connectivity index (χ0) is 17.3. The standard InChI is InChI=1S/C15H31N3O4S/c1-4-14(5-2)15(19)16-6-7-18(23(3,20)21)9-8-17-10-12-22-13-11-17/h14H,4-13H2,1-3H3,(H,16,19). The van der Waals surface area contributed by atoms with Crippen molar-refractivity contribution in [2.45, 2.75) is 26.7 Å². The van der Waals surface area contributed by atoms with E-state index in [1.807, 2.05) is 13.8 Å². The first-order chi connectivity index (χ1) is 10.9. The highest BCUT2D eigenvalue weighted by Crippen LogP contribution is 2.07. The van der Waals surface area contributed by atoms with Crippen molar-refractivity contribution in [2.24, 2.45) is 5.92 Å². The van der Waals surface area contributed by atoms with Gasteiger partial charge in [0.05, 0.1) is 19.5 Å². The highest BCUT2D eigenvalue weighted by atomic mass is 32.2. The molecule has 8 heteroatoms. The highest BCUT2D eigenvalue weighted by molar-refractivity contribution is 7.88. The summed E-state index contributed by atoms with van der Waals surface area (Å²) in [5.41, 5.74) is 0. The van der Waals surface area contributed by atoms with Gasteiger partial charge in [0.15, 0.2) is 0 Å². The van der Waals surface area contributed by atoms with Crippen LogP contribution in [0.4, 0.5) is 0 Å². The molecule has 0 aromatic rings. The van der Waals surface area contributed by atoms with E-state index in [1.165, 1.54) is 10.6 Å². The smallest absolute Gasteiger partial charge is 0.223 e. The van der Waals surface area contributed by atoms with Crippen LogP contribution < -0.4 is 5.32 Å². The summed E-state index contributed by atoms with van der Waals surface area (Å²) < 4.78 is 30.5. The minimum Gasteiger partial charge on any atom is -0.379 e. The van der Waals surface area contributed by atoms with E-state index in [2.05, 4.69) is 10.2 Å². The van der Waals surface area contributed by atoms with E-state index >= 15 is 0 Å². The highest BCUT2D eigenvalue weighted by Gasteiger charge is 2.20. The topological polar surface area (TPSA) is 79.0 Å². The van der Waals surface area contributed by atoms with Gasteiger partial charge in [0, 0.05) is 45.2 Å². The first-order valence-corrected chi connectivity index (χ1v) is 10.3. The van der Waals surface area contributed by atoms with Crippen LogP contribution >= 0.6 is 0 Å². The van der Waals surface area contributed by atoms with Gasteiger partial charge in [-0.15, -0.1) is 0 Å². The van der Waals surface area contributed by atoms with E-state index < -0.39 is 10.0 Å². The van der Waals surface area contributed by atoms with Crippen LogP contribution in [-0.4, -0.2) is 82.3 Å². The van der Waals surface area contributed by atoms with Gasteiger partial charge in [-0.2, -0.15) is 4.31 Å². The van der Waals surface area contributed by atoms with Crippen LogP contribution in [0.25, 0.3) is 0 Å². The van der Waals surface area contributed by atoms with Crippen LogP contribution in [0, 0.1) is 5.92 Å². The maximum absolute atomic E-state index is 11.9. The zero-order valence-electron chi connectivity index (χ0n) is 14.6. The Labute approximate surface area is 140 Å². The number of hydrogen-bond acceptors (Lipinski definition) is 5. The summed E-state index contributed by atoms with van der Waals surface area (Å²) in [6.45, 7) is 8.84. The first kappa shape index (κ1) is 20.3. The van der Waals surface area contributed by atoms with E-state index in [9.17, 15) is 13.2 Å². The quantitative estimate of drug-likeness (QED) is 0.607. The second-order valence-corrected chi connectivity index (χ2v) is 7.90. The van der Waals surface area contributed by atoms with Gasteiger partial charge >= 0.3 is 0 Å². The van der Waals surface area contributed by atoms with Crippen LogP contribution in [0.15, 0.2) is 0 Å². The molecule has 0 bridgehead atoms. The molecule has 1 fully saturated rings. The van der Waals surface area contributed by atoms with Gasteiger partial charge < -0.3 is 10.1 Å². The lowest BCUT2D eigenvalue weighted by atomic mass is 10.0. The second-order valence-electron chi connectivity index (χ2n) is 5.92. The fraction of sp³-hybridized carbons (Fsp3) is 0.933. The van der Waals surface area contributed by atoms with Crippen molar-refractivity contribution < 1.29 is 17.9 Å². The molecule has 0 spiro atoms. The molecule has 136 valence electrons. The molecule has 0 aromatic heterocycles. The lowest BCUT2D eigenvalue weighted by Crippen LogP contribution is -2.45. The number of ether oxygens (including phenoxy) is 1. The van der Waals surface area contributed by atoms with Gasteiger partial charge in [0.2, 0.25) is 15.9 Å². The lowest BCUT2D eigenvalue weighted by molar-refractivity contribution is -0.125. The van der Waals surface area contributed by atoms with E-state index in [0.29, 0.717) is 39.4 Å². The monoisotopic (exact) mass is 349 g/mol. The molecule has 23 heavy (non-hydrogen) atoms. The number of nitrogens with zero attached hydrogens (tertiary/aromatic N) is 2. The number of sulfonamides is 1. The summed E-state index contributed by atoms with van der Waals surface area (Å²) in [6.07, 6.45) is 2.82. The normalized spacial score (nSPS) is 16.9. The third kappa shape index (κ3) is 7.60. The molecule has 0 atom stereocenters. The average Bonchev–Trinajstić information content (AvgIpc) is 2.51. The Morgan fingerprint density at radius 2 is 1.83 bits per heavy atom. The Morgan fingerprint density at radius 3 is 2.35 bits per heavy atom. The van der Waals surface area contributed by atoms with Gasteiger partial charge in [-0.1, -0.05) is 13.8 Å². The Morgan fingerprint density at radius 1 is 1.22 bits per heavy atom. The summed E-state index contributed by atoms with van der Waals surface area (Å²) in [6, 6.07) is 0. The predicted molar refractivity (Wildman–Crippen MR) is 90.8 cm³/mol. The number of hydrogen-bond donors (Lipinski definition) is 1. The molecule has 0 aliphatic carbocycles. The van der Waals surface area contributed by atoms with Crippen LogP contribution in [0.5, 0.6) is 0 Å². The van der Waals surface area contributed by atoms with Gasteiger partial charge in [-0.25, -0.2) is 8.42 Å². The van der Waals surface area contributed by atoms with Gasteiger partial charge in [0.1, 0.15) is 0 Å². The second kappa shape index (κ2) is 10.2. The predicted octanol–water partition coefficient (Wildman–Crippen LogP) is 0.133. The Bertz CT molecular complexity index is 446. The van der Waals surface area contributed by atoms with Gasteiger partial charge in [-0.3, -0.25) is 9.69 Å². The van der Waals surface area contributed by atoms with Gasteiger partial charge in [0.25, 0.3) is 0 Å². The molecule has 1 rings (SSSR count). The Hall–Kier alpha value is -0.700. The molecule has 1 aliphatic heterocycles. The number of amides is 1. The molecule has 1 aliphatic rings. The van der Waals surface area contributed by atoms with Crippen LogP contribution in [-0.2, 0) is 19.6 Å². The SMILES string of the molecule is CCC(CC)C(=O)NCCN(CCN1CCOCC1)S(C)(=O)=O. The Balaban J connectivity index is 2.41. The molecule has 1 saturated heterocycles. The fourth-order valence-corrected chi connectivity index (χ4v) is 3.47. The lowest BCUT2D eigenvalue weighted by Gasteiger charge is -2.29. The third-order valence-corrected chi connectivity index (χ3v) is 5.56. The first-order valence-electron chi connectivity index (χ1n) is 8.41. The van der Waals surface area contributed by atoms with E-state index in [4.69, 9.17) is 4.74 Å². The molecule has 0 aromatic carbocycles. The summed E-state index contributed by atoms with van der Waals surface area (Å²) in [5, 5.41) is 2.85. The molecule has 1 N–H and O–H groups in total. The zero-order valence-corrected chi connectivity index (χ0v) is 15.4. The van der Waals surface area contributed by atoms with Crippen molar-refractivity contribution in [3.8, 4) is 0 Å². The minimum absolute atomic E-state index is 0.00929. The number of carbonyl (C=O) groups is 1. The molecular formula is C15H31N3O4S. The van der Waals surface area contributed by atoms with Crippen molar-refractivity contribution in [2.75, 3.05) is 58.7 Å². The summed E-state index contributed by atoms with van der Waals surface area (Å²) >= 11 is 0. The summed E-state index contributed by atoms with van der Waals surface area (Å²) in [4.78, 5) is 14.1. The minimum atomic E-state index is -3.27. The van der Waals surface area contributed by atoms with Crippen molar-refractivity contribution in [1.82, 2.24) is 14.5 Å². The van der Waals surface area contributed by atoms with Crippen LogP contribution in [0.1, 0.15) is 26.7 Å². The number of nitrogens with one attached hydrogen (secondary N) is 1. The number of morpholine rings is 1. The molecule has 0 radical (unpaired) electrons. The number of carbonyl (C=O) groups excluding carboxylic acids is 1. The van der Waals surface area contributed by atoms with Crippen molar-refractivity contribution >= 4 is 15.9 Å². The van der Waals surface area contributed by atoms with Gasteiger partial charge in [-0.05, 0) is 12.8 Å². The molecule has 0 saturated carbocycles. The van der Waals surface area contributed by atoms with Crippen molar-refractivity contribution in [3.05, 3.63) is 0 Å². The van der Waals surface area contributed by atoms with Crippen molar-refractivity contribution in [3.63, 3.8) is 0 Å². The molecule has 7 nitrogen and oxygen atoms in total. The number of rotatable bonds is 10. The third-order valence-electron chi connectivity index (χ3n) is 4.26. The van der Waals surface area contributed by atoms with E-state index in [-0.39, 0.29) is 11.8 Å². The molecule has 1 amide bonds. The molecule has 1 heterocycles. The summed E-state index contributed by atoms with van der Waals surface area (Å²) in [5.74, 6) is 0.0201. The van der Waals surface area contributed by atoms with Crippen LogP contribution in [0.2, 0.25) is 0 Å². The van der Waals surface area contributed by atoms with E-state index in [1.54, 1.807) is 0 Å². The Kier molecular flexibility index (Phi) is 9.04. The van der Waals surface area contributed by atoms with Crippen LogP contribution in [0.3, 0.4) is 0 Å². The molecule has 0 unspecified atom stereocenters. The fourth-order valence-electron chi connectivity index (χ4n) is 2.63. The van der Waals surface area contributed by atoms with Crippen molar-refractivity contribution in [1.29, 1.82) is 0 Å². The van der Waals surface area contributed by atoms with E-state index in [0.717, 1.165) is 25.9 Å².